The van der Waals surface area contributed by atoms with E-state index in [1.54, 1.807) is 18.2 Å². The lowest BCUT2D eigenvalue weighted by molar-refractivity contribution is -0.143. The SMILES string of the molecule is CC(C)(NC(=O)c1cccc(NC(=O)C2CCCO2)c1)C(=O)O. The first-order chi connectivity index (χ1) is 10.8. The van der Waals surface area contributed by atoms with Crippen molar-refractivity contribution < 1.29 is 24.2 Å². The summed E-state index contributed by atoms with van der Waals surface area (Å²) in [7, 11) is 0. The van der Waals surface area contributed by atoms with Crippen LogP contribution in [0, 0.1) is 0 Å². The highest BCUT2D eigenvalue weighted by molar-refractivity contribution is 6.00. The highest BCUT2D eigenvalue weighted by Gasteiger charge is 2.29. The van der Waals surface area contributed by atoms with Crippen molar-refractivity contribution >= 4 is 23.5 Å². The maximum atomic E-state index is 12.1. The largest absolute Gasteiger partial charge is 0.480 e. The van der Waals surface area contributed by atoms with E-state index in [9.17, 15) is 14.4 Å². The fourth-order valence-electron chi connectivity index (χ4n) is 2.15. The van der Waals surface area contributed by atoms with Gasteiger partial charge in [-0.3, -0.25) is 9.59 Å². The zero-order chi connectivity index (χ0) is 17.0. The van der Waals surface area contributed by atoms with Gasteiger partial charge in [-0.15, -0.1) is 0 Å². The minimum absolute atomic E-state index is 0.245. The Bertz CT molecular complexity index is 621. The minimum Gasteiger partial charge on any atom is -0.480 e. The van der Waals surface area contributed by atoms with Crippen LogP contribution in [0.1, 0.15) is 37.0 Å². The van der Waals surface area contributed by atoms with E-state index in [1.807, 2.05) is 0 Å². The number of hydrogen-bond acceptors (Lipinski definition) is 4. The van der Waals surface area contributed by atoms with Crippen molar-refractivity contribution in [1.82, 2.24) is 5.32 Å². The molecule has 2 rings (SSSR count). The normalized spacial score (nSPS) is 17.6. The van der Waals surface area contributed by atoms with E-state index < -0.39 is 23.5 Å². The van der Waals surface area contributed by atoms with Gasteiger partial charge in [0.05, 0.1) is 0 Å². The Morgan fingerprint density at radius 3 is 2.65 bits per heavy atom. The third-order valence-electron chi connectivity index (χ3n) is 3.58. The number of nitrogens with one attached hydrogen (secondary N) is 2. The summed E-state index contributed by atoms with van der Waals surface area (Å²) in [5.74, 6) is -1.90. The molecule has 0 saturated carbocycles. The number of carbonyl (C=O) groups excluding carboxylic acids is 2. The van der Waals surface area contributed by atoms with Crippen molar-refractivity contribution in [1.29, 1.82) is 0 Å². The summed E-state index contributed by atoms with van der Waals surface area (Å²) in [6.07, 6.45) is 1.07. The molecular weight excluding hydrogens is 300 g/mol. The average Bonchev–Trinajstić information content (AvgIpc) is 3.01. The van der Waals surface area contributed by atoms with Crippen LogP contribution < -0.4 is 10.6 Å². The Balaban J connectivity index is 2.05. The Labute approximate surface area is 134 Å². The summed E-state index contributed by atoms with van der Waals surface area (Å²) >= 11 is 0. The van der Waals surface area contributed by atoms with Gasteiger partial charge in [-0.25, -0.2) is 4.79 Å². The lowest BCUT2D eigenvalue weighted by atomic mass is 10.0. The van der Waals surface area contributed by atoms with Crippen LogP contribution in [0.25, 0.3) is 0 Å². The molecule has 1 unspecified atom stereocenters. The molecule has 0 aromatic heterocycles. The van der Waals surface area contributed by atoms with E-state index in [1.165, 1.54) is 19.9 Å². The Morgan fingerprint density at radius 2 is 2.04 bits per heavy atom. The molecule has 1 aliphatic rings. The highest BCUT2D eigenvalue weighted by Crippen LogP contribution is 2.16. The zero-order valence-electron chi connectivity index (χ0n) is 13.1. The fourth-order valence-corrected chi connectivity index (χ4v) is 2.15. The third-order valence-corrected chi connectivity index (χ3v) is 3.58. The zero-order valence-corrected chi connectivity index (χ0v) is 13.1. The molecule has 124 valence electrons. The van der Waals surface area contributed by atoms with E-state index in [4.69, 9.17) is 9.84 Å². The van der Waals surface area contributed by atoms with Crippen molar-refractivity contribution in [3.8, 4) is 0 Å². The van der Waals surface area contributed by atoms with Crippen LogP contribution in [0.5, 0.6) is 0 Å². The smallest absolute Gasteiger partial charge is 0.328 e. The molecule has 1 aliphatic heterocycles. The van der Waals surface area contributed by atoms with Crippen molar-refractivity contribution in [2.45, 2.75) is 38.3 Å². The van der Waals surface area contributed by atoms with Gasteiger partial charge >= 0.3 is 5.97 Å². The maximum absolute atomic E-state index is 12.1. The van der Waals surface area contributed by atoms with Gasteiger partial charge in [-0.05, 0) is 44.9 Å². The summed E-state index contributed by atoms with van der Waals surface area (Å²) in [4.78, 5) is 35.2. The molecule has 1 heterocycles. The first-order valence-corrected chi connectivity index (χ1v) is 7.38. The standard InChI is InChI=1S/C16H20N2O5/c1-16(2,15(21)22)18-13(19)10-5-3-6-11(9-10)17-14(20)12-7-4-8-23-12/h3,5-6,9,12H,4,7-8H2,1-2H3,(H,17,20)(H,18,19)(H,21,22). The van der Waals surface area contributed by atoms with Crippen LogP contribution in [0.4, 0.5) is 5.69 Å². The molecule has 7 nitrogen and oxygen atoms in total. The number of hydrogen-bond donors (Lipinski definition) is 3. The summed E-state index contributed by atoms with van der Waals surface area (Å²) in [6.45, 7) is 3.37. The number of ether oxygens (including phenoxy) is 1. The maximum Gasteiger partial charge on any atom is 0.328 e. The van der Waals surface area contributed by atoms with Gasteiger partial charge < -0.3 is 20.5 Å². The molecular formula is C16H20N2O5. The summed E-state index contributed by atoms with van der Waals surface area (Å²) in [5, 5.41) is 14.2. The number of carboxylic acid groups (broad SMARTS) is 1. The fraction of sp³-hybridized carbons (Fsp3) is 0.438. The van der Waals surface area contributed by atoms with Gasteiger partial charge in [0.2, 0.25) is 0 Å². The van der Waals surface area contributed by atoms with Gasteiger partial charge in [-0.2, -0.15) is 0 Å². The molecule has 0 bridgehead atoms. The molecule has 2 amide bonds. The predicted octanol–water partition coefficient (Wildman–Crippen LogP) is 1.40. The van der Waals surface area contributed by atoms with Crippen molar-refractivity contribution in [2.24, 2.45) is 0 Å². The summed E-state index contributed by atoms with van der Waals surface area (Å²) < 4.78 is 5.30. The van der Waals surface area contributed by atoms with Crippen LogP contribution in [-0.2, 0) is 14.3 Å². The van der Waals surface area contributed by atoms with Crippen LogP contribution in [0.2, 0.25) is 0 Å². The van der Waals surface area contributed by atoms with Gasteiger partial charge in [0.25, 0.3) is 11.8 Å². The van der Waals surface area contributed by atoms with Gasteiger partial charge in [0.1, 0.15) is 11.6 Å². The molecule has 3 N–H and O–H groups in total. The van der Waals surface area contributed by atoms with Gasteiger partial charge in [-0.1, -0.05) is 6.07 Å². The Kier molecular flexibility index (Phi) is 5.00. The first-order valence-electron chi connectivity index (χ1n) is 7.38. The summed E-state index contributed by atoms with van der Waals surface area (Å²) in [6, 6.07) is 6.33. The second-order valence-corrected chi connectivity index (χ2v) is 5.96. The molecule has 1 aromatic rings. The third kappa shape index (κ3) is 4.29. The minimum atomic E-state index is -1.38. The topological polar surface area (TPSA) is 105 Å². The second-order valence-electron chi connectivity index (χ2n) is 5.96. The predicted molar refractivity (Wildman–Crippen MR) is 83.2 cm³/mol. The van der Waals surface area contributed by atoms with Crippen LogP contribution in [0.15, 0.2) is 24.3 Å². The molecule has 1 atom stereocenters. The quantitative estimate of drug-likeness (QED) is 0.760. The number of amides is 2. The number of anilines is 1. The summed E-state index contributed by atoms with van der Waals surface area (Å²) in [5.41, 5.74) is -0.649. The van der Waals surface area contributed by atoms with Crippen molar-refractivity contribution in [2.75, 3.05) is 11.9 Å². The van der Waals surface area contributed by atoms with Crippen LogP contribution >= 0.6 is 0 Å². The lowest BCUT2D eigenvalue weighted by Crippen LogP contribution is -2.49. The number of carboxylic acids is 1. The van der Waals surface area contributed by atoms with E-state index in [2.05, 4.69) is 10.6 Å². The van der Waals surface area contributed by atoms with Gasteiger partial charge in [0, 0.05) is 17.9 Å². The molecule has 1 aromatic carbocycles. The molecule has 0 aliphatic carbocycles. The molecule has 7 heteroatoms. The lowest BCUT2D eigenvalue weighted by Gasteiger charge is -2.21. The number of carbonyl (C=O) groups is 3. The molecule has 23 heavy (non-hydrogen) atoms. The van der Waals surface area contributed by atoms with Crippen LogP contribution in [0.3, 0.4) is 0 Å². The number of benzene rings is 1. The first kappa shape index (κ1) is 17.0. The number of rotatable bonds is 5. The molecule has 0 spiro atoms. The van der Waals surface area contributed by atoms with Crippen molar-refractivity contribution in [3.05, 3.63) is 29.8 Å². The van der Waals surface area contributed by atoms with E-state index >= 15 is 0 Å². The second kappa shape index (κ2) is 6.78. The molecule has 0 radical (unpaired) electrons. The monoisotopic (exact) mass is 320 g/mol. The van der Waals surface area contributed by atoms with Crippen molar-refractivity contribution in [3.63, 3.8) is 0 Å². The number of aliphatic carboxylic acids is 1. The van der Waals surface area contributed by atoms with E-state index in [0.717, 1.165) is 6.42 Å². The van der Waals surface area contributed by atoms with E-state index in [0.29, 0.717) is 18.7 Å². The Hall–Kier alpha value is -2.41. The van der Waals surface area contributed by atoms with E-state index in [-0.39, 0.29) is 11.5 Å². The van der Waals surface area contributed by atoms with Gasteiger partial charge in [0.15, 0.2) is 0 Å². The average molecular weight is 320 g/mol. The molecule has 1 saturated heterocycles. The Morgan fingerprint density at radius 1 is 1.30 bits per heavy atom. The van der Waals surface area contributed by atoms with Crippen LogP contribution in [-0.4, -0.2) is 41.1 Å². The molecule has 1 fully saturated rings. The highest BCUT2D eigenvalue weighted by atomic mass is 16.5.